The number of sulfonamides is 1. The molecule has 0 bridgehead atoms. The predicted octanol–water partition coefficient (Wildman–Crippen LogP) is 4.88. The van der Waals surface area contributed by atoms with Gasteiger partial charge in [-0.1, -0.05) is 67.9 Å². The van der Waals surface area contributed by atoms with Crippen molar-refractivity contribution >= 4 is 38.4 Å². The fourth-order valence-corrected chi connectivity index (χ4v) is 4.85. The van der Waals surface area contributed by atoms with Gasteiger partial charge in [0.05, 0.1) is 15.5 Å². The maximum atomic E-state index is 12.7. The summed E-state index contributed by atoms with van der Waals surface area (Å²) >= 11 is 6.16. The van der Waals surface area contributed by atoms with Crippen molar-refractivity contribution in [2.75, 3.05) is 13.1 Å². The summed E-state index contributed by atoms with van der Waals surface area (Å²) in [7, 11) is -3.70. The van der Waals surface area contributed by atoms with Crippen LogP contribution in [-0.2, 0) is 21.4 Å². The predicted molar refractivity (Wildman–Crippen MR) is 115 cm³/mol. The average molecular weight is 432 g/mol. The van der Waals surface area contributed by atoms with Crippen molar-refractivity contribution in [3.8, 4) is 0 Å². The zero-order valence-corrected chi connectivity index (χ0v) is 17.8. The Labute approximate surface area is 175 Å². The first-order valence-corrected chi connectivity index (χ1v) is 11.1. The fraction of sp³-hybridized carbons (Fsp3) is 0.227. The zero-order valence-electron chi connectivity index (χ0n) is 16.3. The first-order valence-electron chi connectivity index (χ1n) is 9.32. The van der Waals surface area contributed by atoms with Gasteiger partial charge in [0.2, 0.25) is 10.0 Å². The Morgan fingerprint density at radius 1 is 1.00 bits per heavy atom. The van der Waals surface area contributed by atoms with E-state index in [1.54, 1.807) is 13.8 Å². The lowest BCUT2D eigenvalue weighted by molar-refractivity contribution is 0.0474. The van der Waals surface area contributed by atoms with Gasteiger partial charge in [0, 0.05) is 13.1 Å². The number of esters is 1. The van der Waals surface area contributed by atoms with E-state index in [1.807, 2.05) is 42.5 Å². The quantitative estimate of drug-likeness (QED) is 0.500. The molecule has 0 heterocycles. The number of rotatable bonds is 7. The molecule has 29 heavy (non-hydrogen) atoms. The zero-order chi connectivity index (χ0) is 21.0. The summed E-state index contributed by atoms with van der Waals surface area (Å²) in [5.41, 5.74) is 0.889. The highest BCUT2D eigenvalue weighted by molar-refractivity contribution is 7.89. The van der Waals surface area contributed by atoms with E-state index in [4.69, 9.17) is 16.3 Å². The molecule has 3 rings (SSSR count). The number of fused-ring (bicyclic) bond motifs is 1. The Hall–Kier alpha value is -2.41. The highest BCUT2D eigenvalue weighted by Crippen LogP contribution is 2.25. The van der Waals surface area contributed by atoms with E-state index < -0.39 is 16.0 Å². The number of ether oxygens (including phenoxy) is 1. The molecule has 0 saturated heterocycles. The van der Waals surface area contributed by atoms with E-state index >= 15 is 0 Å². The summed E-state index contributed by atoms with van der Waals surface area (Å²) in [6.07, 6.45) is 0. The molecular formula is C22H22ClNO4S. The van der Waals surface area contributed by atoms with E-state index in [-0.39, 0.29) is 22.1 Å². The summed E-state index contributed by atoms with van der Waals surface area (Å²) in [5, 5.41) is 2.18. The van der Waals surface area contributed by atoms with E-state index in [2.05, 4.69) is 0 Å². The molecule has 152 valence electrons. The number of halogens is 1. The first kappa shape index (κ1) is 21.3. The molecule has 7 heteroatoms. The SMILES string of the molecule is CCN(CC)S(=O)(=O)c1ccc(Cl)c(C(=O)OCc2cccc3ccccc23)c1. The van der Waals surface area contributed by atoms with Crippen molar-refractivity contribution in [1.29, 1.82) is 0 Å². The molecule has 3 aromatic rings. The highest BCUT2D eigenvalue weighted by Gasteiger charge is 2.24. The molecule has 0 amide bonds. The van der Waals surface area contributed by atoms with Crippen LogP contribution in [0.5, 0.6) is 0 Å². The lowest BCUT2D eigenvalue weighted by atomic mass is 10.1. The number of hydrogen-bond donors (Lipinski definition) is 0. The lowest BCUT2D eigenvalue weighted by Crippen LogP contribution is -2.30. The molecule has 0 N–H and O–H groups in total. The van der Waals surface area contributed by atoms with Crippen molar-refractivity contribution < 1.29 is 17.9 Å². The van der Waals surface area contributed by atoms with Crippen molar-refractivity contribution in [3.63, 3.8) is 0 Å². The van der Waals surface area contributed by atoms with E-state index in [1.165, 1.54) is 22.5 Å². The van der Waals surface area contributed by atoms with Crippen LogP contribution in [0, 0.1) is 0 Å². The summed E-state index contributed by atoms with van der Waals surface area (Å²) in [6, 6.07) is 17.7. The molecule has 0 aliphatic carbocycles. The minimum Gasteiger partial charge on any atom is -0.457 e. The third kappa shape index (κ3) is 4.45. The Bertz CT molecular complexity index is 1140. The summed E-state index contributed by atoms with van der Waals surface area (Å²) in [6.45, 7) is 4.25. The van der Waals surface area contributed by atoms with Crippen LogP contribution in [0.25, 0.3) is 10.8 Å². The number of hydrogen-bond acceptors (Lipinski definition) is 4. The Morgan fingerprint density at radius 3 is 2.41 bits per heavy atom. The summed E-state index contributed by atoms with van der Waals surface area (Å²) in [5.74, 6) is -0.667. The third-order valence-corrected chi connectivity index (χ3v) is 7.12. The second-order valence-electron chi connectivity index (χ2n) is 6.45. The second kappa shape index (κ2) is 8.95. The van der Waals surface area contributed by atoms with Gasteiger partial charge in [0.15, 0.2) is 0 Å². The Balaban J connectivity index is 1.86. The van der Waals surface area contributed by atoms with Gasteiger partial charge >= 0.3 is 5.97 Å². The van der Waals surface area contributed by atoms with E-state index in [0.717, 1.165) is 16.3 Å². The van der Waals surface area contributed by atoms with Crippen LogP contribution in [0.3, 0.4) is 0 Å². The summed E-state index contributed by atoms with van der Waals surface area (Å²) < 4.78 is 32.2. The molecular weight excluding hydrogens is 410 g/mol. The van der Waals surface area contributed by atoms with Gasteiger partial charge in [-0.05, 0) is 34.5 Å². The molecule has 0 aromatic heterocycles. The second-order valence-corrected chi connectivity index (χ2v) is 8.79. The van der Waals surface area contributed by atoms with Crippen LogP contribution in [0.15, 0.2) is 65.6 Å². The van der Waals surface area contributed by atoms with Gasteiger partial charge in [-0.3, -0.25) is 0 Å². The molecule has 5 nitrogen and oxygen atoms in total. The van der Waals surface area contributed by atoms with Gasteiger partial charge in [-0.15, -0.1) is 0 Å². The molecule has 0 atom stereocenters. The average Bonchev–Trinajstić information content (AvgIpc) is 2.72. The topological polar surface area (TPSA) is 63.7 Å². The highest BCUT2D eigenvalue weighted by atomic mass is 35.5. The number of carbonyl (C=O) groups excluding carboxylic acids is 1. The third-order valence-electron chi connectivity index (χ3n) is 4.74. The number of benzene rings is 3. The minimum absolute atomic E-state index is 0.0164. The minimum atomic E-state index is -3.70. The Morgan fingerprint density at radius 2 is 1.69 bits per heavy atom. The summed E-state index contributed by atoms with van der Waals surface area (Å²) in [4.78, 5) is 12.7. The number of nitrogens with zero attached hydrogens (tertiary/aromatic N) is 1. The van der Waals surface area contributed by atoms with Gasteiger partial charge in [-0.25, -0.2) is 13.2 Å². The molecule has 0 aliphatic heterocycles. The molecule has 0 spiro atoms. The molecule has 0 saturated carbocycles. The van der Waals surface area contributed by atoms with E-state index in [0.29, 0.717) is 13.1 Å². The van der Waals surface area contributed by atoms with Gasteiger partial charge < -0.3 is 4.74 Å². The molecule has 0 unspecified atom stereocenters. The lowest BCUT2D eigenvalue weighted by Gasteiger charge is -2.19. The van der Waals surface area contributed by atoms with Gasteiger partial charge in [0.25, 0.3) is 0 Å². The standard InChI is InChI=1S/C22H22ClNO4S/c1-3-24(4-2)29(26,27)18-12-13-21(23)20(14-18)22(25)28-15-17-10-7-9-16-8-5-6-11-19(16)17/h5-14H,3-4,15H2,1-2H3. The van der Waals surface area contributed by atoms with Gasteiger partial charge in [-0.2, -0.15) is 4.31 Å². The Kier molecular flexibility index (Phi) is 6.57. The van der Waals surface area contributed by atoms with Crippen molar-refractivity contribution in [2.45, 2.75) is 25.3 Å². The maximum absolute atomic E-state index is 12.7. The number of carbonyl (C=O) groups is 1. The van der Waals surface area contributed by atoms with Crippen LogP contribution in [0.1, 0.15) is 29.8 Å². The van der Waals surface area contributed by atoms with E-state index in [9.17, 15) is 13.2 Å². The maximum Gasteiger partial charge on any atom is 0.340 e. The monoisotopic (exact) mass is 431 g/mol. The van der Waals surface area contributed by atoms with Crippen LogP contribution in [-0.4, -0.2) is 31.8 Å². The van der Waals surface area contributed by atoms with Crippen LogP contribution in [0.2, 0.25) is 5.02 Å². The van der Waals surface area contributed by atoms with Gasteiger partial charge in [0.1, 0.15) is 6.61 Å². The molecule has 0 aliphatic rings. The van der Waals surface area contributed by atoms with Crippen LogP contribution < -0.4 is 0 Å². The normalized spacial score (nSPS) is 11.7. The van der Waals surface area contributed by atoms with Crippen molar-refractivity contribution in [3.05, 3.63) is 76.8 Å². The first-order chi connectivity index (χ1) is 13.9. The van der Waals surface area contributed by atoms with Crippen LogP contribution in [0.4, 0.5) is 0 Å². The van der Waals surface area contributed by atoms with Crippen molar-refractivity contribution in [2.24, 2.45) is 0 Å². The molecule has 0 fully saturated rings. The molecule has 0 radical (unpaired) electrons. The fourth-order valence-electron chi connectivity index (χ4n) is 3.17. The smallest absolute Gasteiger partial charge is 0.340 e. The van der Waals surface area contributed by atoms with Crippen LogP contribution >= 0.6 is 11.6 Å². The van der Waals surface area contributed by atoms with Crippen molar-refractivity contribution in [1.82, 2.24) is 4.31 Å². The largest absolute Gasteiger partial charge is 0.457 e. The molecule has 3 aromatic carbocycles.